The lowest BCUT2D eigenvalue weighted by Gasteiger charge is -2.16. The van der Waals surface area contributed by atoms with Crippen molar-refractivity contribution >= 4 is 44.2 Å². The van der Waals surface area contributed by atoms with Crippen molar-refractivity contribution in [3.63, 3.8) is 0 Å². The standard InChI is InChI=1S/C23H27ClN8O3S/c1-14-6-7-25-19(12-14)36(34,35)31-18-5-4-16(13-17(18)24)21-27-22(26-8-9-32(3)10-11-33)20-15(2)29-30-23(20)28-21/h4-7,12-13,31,33H,8-11H2,1-3H3,(H2,26,27,28,29,30). The predicted molar refractivity (Wildman–Crippen MR) is 140 cm³/mol. The highest BCUT2D eigenvalue weighted by Gasteiger charge is 2.19. The zero-order chi connectivity index (χ0) is 25.9. The van der Waals surface area contributed by atoms with E-state index in [1.807, 2.05) is 18.9 Å². The molecular formula is C23H27ClN8O3S. The molecule has 0 spiro atoms. The van der Waals surface area contributed by atoms with E-state index in [1.165, 1.54) is 12.3 Å². The highest BCUT2D eigenvalue weighted by Crippen LogP contribution is 2.31. The minimum Gasteiger partial charge on any atom is -0.395 e. The number of benzene rings is 1. The van der Waals surface area contributed by atoms with Crippen molar-refractivity contribution in [3.8, 4) is 11.4 Å². The molecule has 0 bridgehead atoms. The summed E-state index contributed by atoms with van der Waals surface area (Å²) in [5.74, 6) is 1.01. The van der Waals surface area contributed by atoms with Crippen LogP contribution < -0.4 is 10.0 Å². The Morgan fingerprint density at radius 2 is 1.94 bits per heavy atom. The van der Waals surface area contributed by atoms with Crippen molar-refractivity contribution in [2.24, 2.45) is 0 Å². The molecule has 3 aromatic heterocycles. The molecule has 0 aliphatic rings. The van der Waals surface area contributed by atoms with Gasteiger partial charge >= 0.3 is 0 Å². The van der Waals surface area contributed by atoms with Gasteiger partial charge in [-0.3, -0.25) is 9.82 Å². The number of halogens is 1. The number of H-pyrrole nitrogens is 1. The molecule has 0 aliphatic carbocycles. The van der Waals surface area contributed by atoms with Gasteiger partial charge in [0.1, 0.15) is 5.82 Å². The second kappa shape index (κ2) is 10.7. The Kier molecular flexibility index (Phi) is 7.69. The highest BCUT2D eigenvalue weighted by molar-refractivity contribution is 7.92. The molecule has 0 fully saturated rings. The van der Waals surface area contributed by atoms with Crippen LogP contribution >= 0.6 is 11.6 Å². The number of aromatic amines is 1. The fraction of sp³-hybridized carbons (Fsp3) is 0.304. The lowest BCUT2D eigenvalue weighted by atomic mass is 10.2. The first-order valence-corrected chi connectivity index (χ1v) is 13.1. The number of sulfonamides is 1. The second-order valence-corrected chi connectivity index (χ2v) is 10.4. The van der Waals surface area contributed by atoms with E-state index < -0.39 is 10.0 Å². The Bertz CT molecular complexity index is 1490. The summed E-state index contributed by atoms with van der Waals surface area (Å²) < 4.78 is 28.0. The van der Waals surface area contributed by atoms with Crippen LogP contribution in [0.25, 0.3) is 22.4 Å². The number of aliphatic hydroxyl groups excluding tert-OH is 1. The third-order valence-corrected chi connectivity index (χ3v) is 7.08. The summed E-state index contributed by atoms with van der Waals surface area (Å²) in [5, 5.41) is 20.5. The van der Waals surface area contributed by atoms with Crippen molar-refractivity contribution in [1.29, 1.82) is 0 Å². The van der Waals surface area contributed by atoms with Crippen LogP contribution in [0.2, 0.25) is 5.02 Å². The lowest BCUT2D eigenvalue weighted by molar-refractivity contribution is 0.225. The number of aromatic nitrogens is 5. The average Bonchev–Trinajstić information content (AvgIpc) is 3.21. The fourth-order valence-corrected chi connectivity index (χ4v) is 4.97. The SMILES string of the molecule is Cc1ccnc(S(=O)(=O)Nc2ccc(-c3nc(NCCN(C)CCO)c4c(C)n[nH]c4n3)cc2Cl)c1. The highest BCUT2D eigenvalue weighted by atomic mass is 35.5. The quantitative estimate of drug-likeness (QED) is 0.243. The summed E-state index contributed by atoms with van der Waals surface area (Å²) in [7, 11) is -1.98. The van der Waals surface area contributed by atoms with Gasteiger partial charge in [0, 0.05) is 31.4 Å². The first-order valence-electron chi connectivity index (χ1n) is 11.2. The number of aryl methyl sites for hydroxylation is 2. The van der Waals surface area contributed by atoms with Crippen LogP contribution in [0.15, 0.2) is 41.6 Å². The Hall–Kier alpha value is -3.32. The number of pyridine rings is 1. The molecule has 0 saturated carbocycles. The van der Waals surface area contributed by atoms with Crippen LogP contribution in [0.5, 0.6) is 0 Å². The molecule has 13 heteroatoms. The lowest BCUT2D eigenvalue weighted by Crippen LogP contribution is -2.28. The second-order valence-electron chi connectivity index (χ2n) is 8.35. The maximum absolute atomic E-state index is 12.8. The molecule has 0 saturated heterocycles. The van der Waals surface area contributed by atoms with Gasteiger partial charge in [-0.25, -0.2) is 15.0 Å². The molecule has 36 heavy (non-hydrogen) atoms. The van der Waals surface area contributed by atoms with Gasteiger partial charge < -0.3 is 15.3 Å². The Labute approximate surface area is 214 Å². The maximum atomic E-state index is 12.8. The smallest absolute Gasteiger partial charge is 0.279 e. The molecule has 0 aliphatic heterocycles. The topological polar surface area (TPSA) is 149 Å². The van der Waals surface area contributed by atoms with E-state index in [0.717, 1.165) is 16.6 Å². The molecule has 190 valence electrons. The van der Waals surface area contributed by atoms with E-state index in [2.05, 4.69) is 30.2 Å². The van der Waals surface area contributed by atoms with Gasteiger partial charge in [-0.05, 0) is 56.8 Å². The van der Waals surface area contributed by atoms with Crippen LogP contribution in [0, 0.1) is 13.8 Å². The number of nitrogens with zero attached hydrogens (tertiary/aromatic N) is 5. The van der Waals surface area contributed by atoms with Crippen LogP contribution in [-0.4, -0.2) is 76.9 Å². The Balaban J connectivity index is 1.61. The van der Waals surface area contributed by atoms with Gasteiger partial charge in [0.15, 0.2) is 16.5 Å². The van der Waals surface area contributed by atoms with E-state index in [-0.39, 0.29) is 22.3 Å². The Morgan fingerprint density at radius 1 is 1.14 bits per heavy atom. The number of fused-ring (bicyclic) bond motifs is 1. The number of nitrogens with one attached hydrogen (secondary N) is 3. The number of rotatable bonds is 10. The van der Waals surface area contributed by atoms with Crippen molar-refractivity contribution in [2.45, 2.75) is 18.9 Å². The van der Waals surface area contributed by atoms with Crippen molar-refractivity contribution in [3.05, 3.63) is 52.8 Å². The number of hydrogen-bond donors (Lipinski definition) is 4. The number of anilines is 2. The van der Waals surface area contributed by atoms with Crippen molar-refractivity contribution in [1.82, 2.24) is 30.0 Å². The normalized spacial score (nSPS) is 11.8. The largest absolute Gasteiger partial charge is 0.395 e. The zero-order valence-corrected chi connectivity index (χ0v) is 21.7. The van der Waals surface area contributed by atoms with E-state index >= 15 is 0 Å². The molecule has 4 aromatic rings. The minimum absolute atomic E-state index is 0.0909. The Morgan fingerprint density at radius 3 is 2.67 bits per heavy atom. The zero-order valence-electron chi connectivity index (χ0n) is 20.1. The van der Waals surface area contributed by atoms with Crippen LogP contribution in [0.1, 0.15) is 11.3 Å². The molecule has 4 rings (SSSR count). The summed E-state index contributed by atoms with van der Waals surface area (Å²) in [5.41, 5.74) is 2.92. The van der Waals surface area contributed by atoms with Crippen LogP contribution in [0.3, 0.4) is 0 Å². The summed E-state index contributed by atoms with van der Waals surface area (Å²) >= 11 is 6.45. The molecule has 4 N–H and O–H groups in total. The summed E-state index contributed by atoms with van der Waals surface area (Å²) in [6.45, 7) is 5.62. The van der Waals surface area contributed by atoms with E-state index in [9.17, 15) is 8.42 Å². The van der Waals surface area contributed by atoms with Gasteiger partial charge in [-0.2, -0.15) is 13.5 Å². The predicted octanol–water partition coefficient (Wildman–Crippen LogP) is 2.82. The molecule has 0 radical (unpaired) electrons. The number of aliphatic hydroxyl groups is 1. The monoisotopic (exact) mass is 530 g/mol. The number of hydrogen-bond acceptors (Lipinski definition) is 9. The molecule has 11 nitrogen and oxygen atoms in total. The third-order valence-electron chi connectivity index (χ3n) is 5.51. The third kappa shape index (κ3) is 5.73. The van der Waals surface area contributed by atoms with Gasteiger partial charge in [0.05, 0.1) is 28.4 Å². The van der Waals surface area contributed by atoms with Gasteiger partial charge in [0.25, 0.3) is 10.0 Å². The molecule has 1 aromatic carbocycles. The first kappa shape index (κ1) is 25.8. The fourth-order valence-electron chi connectivity index (χ4n) is 3.57. The van der Waals surface area contributed by atoms with Gasteiger partial charge in [-0.15, -0.1) is 0 Å². The average molecular weight is 531 g/mol. The summed E-state index contributed by atoms with van der Waals surface area (Å²) in [4.78, 5) is 15.2. The summed E-state index contributed by atoms with van der Waals surface area (Å²) in [6.07, 6.45) is 1.44. The van der Waals surface area contributed by atoms with E-state index in [1.54, 1.807) is 31.2 Å². The van der Waals surface area contributed by atoms with Crippen LogP contribution in [-0.2, 0) is 10.0 Å². The van der Waals surface area contributed by atoms with E-state index in [4.69, 9.17) is 21.7 Å². The molecule has 0 unspecified atom stereocenters. The summed E-state index contributed by atoms with van der Waals surface area (Å²) in [6, 6.07) is 8.06. The maximum Gasteiger partial charge on any atom is 0.279 e. The van der Waals surface area contributed by atoms with Gasteiger partial charge in [-0.1, -0.05) is 11.6 Å². The van der Waals surface area contributed by atoms with Crippen molar-refractivity contribution < 1.29 is 13.5 Å². The first-order chi connectivity index (χ1) is 17.2. The van der Waals surface area contributed by atoms with Gasteiger partial charge in [0.2, 0.25) is 0 Å². The molecule has 0 amide bonds. The minimum atomic E-state index is -3.91. The van der Waals surface area contributed by atoms with E-state index in [0.29, 0.717) is 42.5 Å². The molecule has 3 heterocycles. The molecule has 0 atom stereocenters. The molecular weight excluding hydrogens is 504 g/mol. The number of likely N-dealkylation sites (N-methyl/N-ethyl adjacent to an activating group) is 1. The van der Waals surface area contributed by atoms with Crippen molar-refractivity contribution in [2.75, 3.05) is 43.3 Å². The van der Waals surface area contributed by atoms with Crippen LogP contribution in [0.4, 0.5) is 11.5 Å².